The van der Waals surface area contributed by atoms with Crippen LogP contribution in [0, 0.1) is 5.82 Å². The first kappa shape index (κ1) is 11.5. The van der Waals surface area contributed by atoms with Gasteiger partial charge < -0.3 is 10.1 Å². The first-order valence-electron chi connectivity index (χ1n) is 4.46. The van der Waals surface area contributed by atoms with Crippen LogP contribution in [0.2, 0.25) is 0 Å². The molecule has 0 fully saturated rings. The third-order valence-corrected chi connectivity index (χ3v) is 2.34. The summed E-state index contributed by atoms with van der Waals surface area (Å²) < 4.78 is 18.7. The maximum absolute atomic E-state index is 12.8. The minimum Gasteiger partial charge on any atom is -0.494 e. The third kappa shape index (κ3) is 3.64. The molecular formula is C10H13BrFNO. The zero-order valence-corrected chi connectivity index (χ0v) is 9.60. The molecule has 0 radical (unpaired) electrons. The lowest BCUT2D eigenvalue weighted by atomic mass is 10.3. The van der Waals surface area contributed by atoms with Gasteiger partial charge in [-0.25, -0.2) is 4.39 Å². The predicted octanol–water partition coefficient (Wildman–Crippen LogP) is 2.58. The molecule has 0 aliphatic carbocycles. The molecule has 1 aromatic carbocycles. The Morgan fingerprint density at radius 2 is 2.29 bits per heavy atom. The van der Waals surface area contributed by atoms with Crippen molar-refractivity contribution in [3.05, 3.63) is 28.5 Å². The molecule has 0 aliphatic rings. The highest BCUT2D eigenvalue weighted by atomic mass is 79.9. The van der Waals surface area contributed by atoms with Crippen LogP contribution in [0.1, 0.15) is 6.42 Å². The Labute approximate surface area is 91.6 Å². The minimum atomic E-state index is -0.271. The summed E-state index contributed by atoms with van der Waals surface area (Å²) in [6.45, 7) is 1.56. The van der Waals surface area contributed by atoms with Crippen molar-refractivity contribution in [1.82, 2.24) is 5.32 Å². The van der Waals surface area contributed by atoms with Crippen molar-refractivity contribution in [3.63, 3.8) is 0 Å². The van der Waals surface area contributed by atoms with Gasteiger partial charge in [-0.15, -0.1) is 0 Å². The maximum atomic E-state index is 12.8. The van der Waals surface area contributed by atoms with E-state index in [0.29, 0.717) is 16.8 Å². The van der Waals surface area contributed by atoms with Crippen molar-refractivity contribution < 1.29 is 9.13 Å². The van der Waals surface area contributed by atoms with E-state index in [4.69, 9.17) is 4.74 Å². The number of rotatable bonds is 5. The molecular weight excluding hydrogens is 249 g/mol. The lowest BCUT2D eigenvalue weighted by Gasteiger charge is -2.06. The summed E-state index contributed by atoms with van der Waals surface area (Å²) in [4.78, 5) is 0. The van der Waals surface area contributed by atoms with Crippen molar-refractivity contribution in [3.8, 4) is 5.75 Å². The molecule has 0 aliphatic heterocycles. The Balaban J connectivity index is 2.39. The second-order valence-electron chi connectivity index (χ2n) is 2.88. The predicted molar refractivity (Wildman–Crippen MR) is 58.1 cm³/mol. The fourth-order valence-electron chi connectivity index (χ4n) is 1.01. The van der Waals surface area contributed by atoms with Crippen LogP contribution in [0.25, 0.3) is 0 Å². The molecule has 0 unspecified atom stereocenters. The number of benzene rings is 1. The second kappa shape index (κ2) is 5.98. The topological polar surface area (TPSA) is 21.3 Å². The highest BCUT2D eigenvalue weighted by molar-refractivity contribution is 9.10. The molecule has 0 atom stereocenters. The molecule has 0 heterocycles. The minimum absolute atomic E-state index is 0.271. The quantitative estimate of drug-likeness (QED) is 0.823. The van der Waals surface area contributed by atoms with Crippen LogP contribution in [0.15, 0.2) is 22.7 Å². The van der Waals surface area contributed by atoms with E-state index < -0.39 is 0 Å². The molecule has 0 aromatic heterocycles. The molecule has 0 saturated carbocycles. The first-order valence-corrected chi connectivity index (χ1v) is 5.26. The number of hydrogen-bond donors (Lipinski definition) is 1. The summed E-state index contributed by atoms with van der Waals surface area (Å²) in [5.41, 5.74) is 0. The third-order valence-electron chi connectivity index (χ3n) is 1.73. The highest BCUT2D eigenvalue weighted by Gasteiger charge is 2.00. The number of hydrogen-bond acceptors (Lipinski definition) is 2. The lowest BCUT2D eigenvalue weighted by molar-refractivity contribution is 0.309. The van der Waals surface area contributed by atoms with Gasteiger partial charge in [0.15, 0.2) is 0 Å². The van der Waals surface area contributed by atoms with E-state index in [0.717, 1.165) is 13.0 Å². The summed E-state index contributed by atoms with van der Waals surface area (Å²) in [5.74, 6) is 0.418. The van der Waals surface area contributed by atoms with Crippen molar-refractivity contribution >= 4 is 15.9 Å². The molecule has 2 nitrogen and oxygen atoms in total. The molecule has 1 N–H and O–H groups in total. The van der Waals surface area contributed by atoms with Gasteiger partial charge in [-0.3, -0.25) is 0 Å². The summed E-state index contributed by atoms with van der Waals surface area (Å²) in [7, 11) is 1.90. The SMILES string of the molecule is CNCCCOc1ccc(F)c(Br)c1. The molecule has 1 rings (SSSR count). The second-order valence-corrected chi connectivity index (χ2v) is 3.74. The smallest absolute Gasteiger partial charge is 0.137 e. The summed E-state index contributed by atoms with van der Waals surface area (Å²) in [5, 5.41) is 3.03. The van der Waals surface area contributed by atoms with E-state index in [-0.39, 0.29) is 5.82 Å². The van der Waals surface area contributed by atoms with Crippen LogP contribution in [0.3, 0.4) is 0 Å². The molecule has 14 heavy (non-hydrogen) atoms. The van der Waals surface area contributed by atoms with Gasteiger partial charge in [-0.2, -0.15) is 0 Å². The average molecular weight is 262 g/mol. The van der Waals surface area contributed by atoms with Crippen LogP contribution < -0.4 is 10.1 Å². The van der Waals surface area contributed by atoms with Crippen molar-refractivity contribution in [1.29, 1.82) is 0 Å². The maximum Gasteiger partial charge on any atom is 0.137 e. The van der Waals surface area contributed by atoms with Crippen LogP contribution in [0.4, 0.5) is 4.39 Å². The monoisotopic (exact) mass is 261 g/mol. The van der Waals surface area contributed by atoms with Gasteiger partial charge in [-0.1, -0.05) is 0 Å². The summed E-state index contributed by atoms with van der Waals surface area (Å²) in [6.07, 6.45) is 0.936. The largest absolute Gasteiger partial charge is 0.494 e. The molecule has 1 aromatic rings. The van der Waals surface area contributed by atoms with E-state index in [1.165, 1.54) is 6.07 Å². The van der Waals surface area contributed by atoms with E-state index in [2.05, 4.69) is 21.2 Å². The Hall–Kier alpha value is -0.610. The Morgan fingerprint density at radius 1 is 1.50 bits per heavy atom. The normalized spacial score (nSPS) is 10.2. The molecule has 4 heteroatoms. The Kier molecular flexibility index (Phi) is 4.90. The number of halogens is 2. The zero-order valence-electron chi connectivity index (χ0n) is 8.02. The van der Waals surface area contributed by atoms with E-state index in [1.54, 1.807) is 12.1 Å². The van der Waals surface area contributed by atoms with E-state index >= 15 is 0 Å². The molecule has 78 valence electrons. The van der Waals surface area contributed by atoms with Crippen molar-refractivity contribution in [2.45, 2.75) is 6.42 Å². The van der Waals surface area contributed by atoms with Crippen molar-refractivity contribution in [2.24, 2.45) is 0 Å². The Morgan fingerprint density at radius 3 is 2.93 bits per heavy atom. The van der Waals surface area contributed by atoms with Crippen LogP contribution in [-0.4, -0.2) is 20.2 Å². The first-order chi connectivity index (χ1) is 6.74. The molecule has 0 bridgehead atoms. The molecule has 0 spiro atoms. The standard InChI is InChI=1S/C10H13BrFNO/c1-13-5-2-6-14-8-3-4-10(12)9(11)7-8/h3-4,7,13H,2,5-6H2,1H3. The Bertz CT molecular complexity index is 293. The van der Waals surface area contributed by atoms with Crippen LogP contribution in [0.5, 0.6) is 5.75 Å². The lowest BCUT2D eigenvalue weighted by Crippen LogP contribution is -2.11. The van der Waals surface area contributed by atoms with Gasteiger partial charge in [0.2, 0.25) is 0 Å². The zero-order chi connectivity index (χ0) is 10.4. The van der Waals surface area contributed by atoms with Crippen LogP contribution in [-0.2, 0) is 0 Å². The average Bonchev–Trinajstić information content (AvgIpc) is 2.18. The van der Waals surface area contributed by atoms with Gasteiger partial charge >= 0.3 is 0 Å². The van der Waals surface area contributed by atoms with Crippen LogP contribution >= 0.6 is 15.9 Å². The number of nitrogens with one attached hydrogen (secondary N) is 1. The van der Waals surface area contributed by atoms with E-state index in [9.17, 15) is 4.39 Å². The van der Waals surface area contributed by atoms with E-state index in [1.807, 2.05) is 7.05 Å². The number of ether oxygens (including phenoxy) is 1. The van der Waals surface area contributed by atoms with Crippen molar-refractivity contribution in [2.75, 3.05) is 20.2 Å². The van der Waals surface area contributed by atoms with Gasteiger partial charge in [0, 0.05) is 0 Å². The highest BCUT2D eigenvalue weighted by Crippen LogP contribution is 2.21. The summed E-state index contributed by atoms with van der Waals surface area (Å²) >= 11 is 3.10. The van der Waals surface area contributed by atoms with Gasteiger partial charge in [0.1, 0.15) is 11.6 Å². The fourth-order valence-corrected chi connectivity index (χ4v) is 1.36. The summed E-state index contributed by atoms with van der Waals surface area (Å²) in [6, 6.07) is 4.64. The van der Waals surface area contributed by atoms with Gasteiger partial charge in [0.25, 0.3) is 0 Å². The molecule has 0 amide bonds. The van der Waals surface area contributed by atoms with Gasteiger partial charge in [-0.05, 0) is 54.1 Å². The van der Waals surface area contributed by atoms with Gasteiger partial charge in [0.05, 0.1) is 11.1 Å². The molecule has 0 saturated heterocycles. The fraction of sp³-hybridized carbons (Fsp3) is 0.400.